The molecule has 1 aromatic carbocycles. The number of carbonyl (C=O) groups excluding carboxylic acids is 1. The van der Waals surface area contributed by atoms with Crippen LogP contribution in [0.25, 0.3) is 10.8 Å². The molecule has 4 rings (SSSR count). The van der Waals surface area contributed by atoms with Gasteiger partial charge in [-0.15, -0.1) is 21.5 Å². The number of hydrogen-bond donors (Lipinski definition) is 1. The molecule has 3 aromatic rings. The van der Waals surface area contributed by atoms with E-state index in [-0.39, 0.29) is 27.5 Å². The van der Waals surface area contributed by atoms with Gasteiger partial charge in [0.15, 0.2) is 0 Å². The van der Waals surface area contributed by atoms with Gasteiger partial charge in [0.05, 0.1) is 17.2 Å². The van der Waals surface area contributed by atoms with Crippen molar-refractivity contribution in [1.29, 1.82) is 0 Å². The molecule has 1 aliphatic heterocycles. The first-order valence-electron chi connectivity index (χ1n) is 10.0. The molecule has 2 aromatic heterocycles. The Morgan fingerprint density at radius 1 is 1.28 bits per heavy atom. The molecule has 0 bridgehead atoms. The van der Waals surface area contributed by atoms with E-state index in [1.807, 2.05) is 17.5 Å². The third-order valence-corrected chi connectivity index (χ3v) is 8.27. The number of nitrogens with zero attached hydrogens (tertiary/aromatic N) is 3. The van der Waals surface area contributed by atoms with Gasteiger partial charge in [0, 0.05) is 18.8 Å². The van der Waals surface area contributed by atoms with E-state index in [1.54, 1.807) is 19.1 Å². The van der Waals surface area contributed by atoms with Gasteiger partial charge >= 0.3 is 0 Å². The summed E-state index contributed by atoms with van der Waals surface area (Å²) in [6.45, 7) is 3.10. The SMILES string of the molecule is CCOc1ccc(NC(=O)CSc2nnc(-c3cccs3)o2)cc1S(=O)(=O)N1CCCC1. The van der Waals surface area contributed by atoms with Gasteiger partial charge < -0.3 is 14.5 Å². The number of aromatic nitrogens is 2. The van der Waals surface area contributed by atoms with E-state index >= 15 is 0 Å². The Morgan fingerprint density at radius 3 is 2.81 bits per heavy atom. The number of hydrogen-bond acceptors (Lipinski definition) is 9. The summed E-state index contributed by atoms with van der Waals surface area (Å²) in [6.07, 6.45) is 1.67. The van der Waals surface area contributed by atoms with Gasteiger partial charge in [-0.1, -0.05) is 17.8 Å². The second kappa shape index (κ2) is 10.0. The summed E-state index contributed by atoms with van der Waals surface area (Å²) in [6, 6.07) is 8.40. The van der Waals surface area contributed by atoms with Crippen LogP contribution in [0.15, 0.2) is 50.2 Å². The number of sulfonamides is 1. The van der Waals surface area contributed by atoms with E-state index in [4.69, 9.17) is 9.15 Å². The van der Waals surface area contributed by atoms with Crippen molar-refractivity contribution in [3.05, 3.63) is 35.7 Å². The van der Waals surface area contributed by atoms with Crippen LogP contribution < -0.4 is 10.1 Å². The normalized spacial score (nSPS) is 14.5. The van der Waals surface area contributed by atoms with Crippen LogP contribution in [0.4, 0.5) is 5.69 Å². The summed E-state index contributed by atoms with van der Waals surface area (Å²) < 4.78 is 38.7. The van der Waals surface area contributed by atoms with Gasteiger partial charge in [0.25, 0.3) is 11.1 Å². The molecule has 1 N–H and O–H groups in total. The molecular weight excluding hydrogens is 472 g/mol. The quantitative estimate of drug-likeness (QED) is 0.448. The fourth-order valence-corrected chi connectivity index (χ4v) is 6.10. The highest BCUT2D eigenvalue weighted by atomic mass is 32.2. The first-order valence-corrected chi connectivity index (χ1v) is 13.3. The highest BCUT2D eigenvalue weighted by Crippen LogP contribution is 2.32. The van der Waals surface area contributed by atoms with Crippen LogP contribution in [0.3, 0.4) is 0 Å². The third-order valence-electron chi connectivity index (χ3n) is 4.68. The molecule has 0 saturated carbocycles. The molecule has 170 valence electrons. The molecule has 0 radical (unpaired) electrons. The number of nitrogens with one attached hydrogen (secondary N) is 1. The van der Waals surface area contributed by atoms with Gasteiger partial charge in [-0.2, -0.15) is 4.31 Å². The summed E-state index contributed by atoms with van der Waals surface area (Å²) in [5.74, 6) is 0.400. The largest absolute Gasteiger partial charge is 0.492 e. The van der Waals surface area contributed by atoms with E-state index < -0.39 is 10.0 Å². The van der Waals surface area contributed by atoms with Crippen molar-refractivity contribution in [2.45, 2.75) is 29.9 Å². The Labute approximate surface area is 194 Å². The smallest absolute Gasteiger partial charge is 0.277 e. The van der Waals surface area contributed by atoms with E-state index in [0.29, 0.717) is 31.3 Å². The maximum atomic E-state index is 13.1. The summed E-state index contributed by atoms with van der Waals surface area (Å²) in [5, 5.41) is 12.9. The Hall–Kier alpha value is -2.41. The Balaban J connectivity index is 1.43. The number of thiophene rings is 1. The van der Waals surface area contributed by atoms with Crippen LogP contribution in [0.2, 0.25) is 0 Å². The van der Waals surface area contributed by atoms with Gasteiger partial charge in [0.1, 0.15) is 10.6 Å². The molecule has 1 aliphatic rings. The van der Waals surface area contributed by atoms with Crippen LogP contribution >= 0.6 is 23.1 Å². The second-order valence-electron chi connectivity index (χ2n) is 6.89. The summed E-state index contributed by atoms with van der Waals surface area (Å²) in [7, 11) is -3.70. The van der Waals surface area contributed by atoms with Crippen molar-refractivity contribution >= 4 is 44.7 Å². The third kappa shape index (κ3) is 5.14. The first kappa shape index (κ1) is 22.8. The van der Waals surface area contributed by atoms with E-state index in [2.05, 4.69) is 15.5 Å². The van der Waals surface area contributed by atoms with Gasteiger partial charge in [-0.25, -0.2) is 8.42 Å². The molecule has 9 nitrogen and oxygen atoms in total. The maximum Gasteiger partial charge on any atom is 0.277 e. The van der Waals surface area contributed by atoms with Gasteiger partial charge in [0.2, 0.25) is 15.9 Å². The van der Waals surface area contributed by atoms with E-state index in [9.17, 15) is 13.2 Å². The van der Waals surface area contributed by atoms with Crippen molar-refractivity contribution in [3.8, 4) is 16.5 Å². The zero-order valence-corrected chi connectivity index (χ0v) is 19.8. The Morgan fingerprint density at radius 2 is 2.09 bits per heavy atom. The second-order valence-corrected chi connectivity index (χ2v) is 10.7. The minimum atomic E-state index is -3.70. The highest BCUT2D eigenvalue weighted by Gasteiger charge is 2.30. The molecule has 1 fully saturated rings. The van der Waals surface area contributed by atoms with Gasteiger partial charge in [-0.3, -0.25) is 4.79 Å². The van der Waals surface area contributed by atoms with Crippen molar-refractivity contribution in [3.63, 3.8) is 0 Å². The number of ether oxygens (including phenoxy) is 1. The number of carbonyl (C=O) groups is 1. The molecule has 3 heterocycles. The predicted octanol–water partition coefficient (Wildman–Crippen LogP) is 3.71. The number of anilines is 1. The lowest BCUT2D eigenvalue weighted by Crippen LogP contribution is -2.28. The highest BCUT2D eigenvalue weighted by molar-refractivity contribution is 7.99. The monoisotopic (exact) mass is 494 g/mol. The lowest BCUT2D eigenvalue weighted by atomic mass is 10.3. The molecule has 0 aliphatic carbocycles. The minimum Gasteiger partial charge on any atom is -0.492 e. The summed E-state index contributed by atoms with van der Waals surface area (Å²) in [5.41, 5.74) is 0.377. The standard InChI is InChI=1S/C20H22N4O5S3/c1-2-28-15-8-7-14(12-17(15)32(26,27)24-9-3-4-10-24)21-18(25)13-31-20-23-22-19(29-20)16-6-5-11-30-16/h5-8,11-12H,2-4,9-10,13H2,1H3,(H,21,25). The fourth-order valence-electron chi connectivity index (χ4n) is 3.22. The molecule has 12 heteroatoms. The molecule has 0 spiro atoms. The average Bonchev–Trinajstić information content (AvgIpc) is 3.56. The predicted molar refractivity (Wildman–Crippen MR) is 123 cm³/mol. The molecule has 0 atom stereocenters. The molecular formula is C20H22N4O5S3. The van der Waals surface area contributed by atoms with Crippen molar-refractivity contribution in [2.75, 3.05) is 30.8 Å². The fraction of sp³-hybridized carbons (Fsp3) is 0.350. The molecule has 1 amide bonds. The average molecular weight is 495 g/mol. The van der Waals surface area contributed by atoms with Crippen LogP contribution in [-0.2, 0) is 14.8 Å². The van der Waals surface area contributed by atoms with Crippen LogP contribution in [0, 0.1) is 0 Å². The number of thioether (sulfide) groups is 1. The molecule has 1 saturated heterocycles. The maximum absolute atomic E-state index is 13.1. The van der Waals surface area contributed by atoms with Crippen LogP contribution in [-0.4, -0.2) is 54.3 Å². The zero-order chi connectivity index (χ0) is 22.6. The lowest BCUT2D eigenvalue weighted by molar-refractivity contribution is -0.113. The van der Waals surface area contributed by atoms with E-state index in [1.165, 1.54) is 21.7 Å². The van der Waals surface area contributed by atoms with Gasteiger partial charge in [-0.05, 0) is 49.4 Å². The summed E-state index contributed by atoms with van der Waals surface area (Å²) >= 11 is 2.59. The van der Waals surface area contributed by atoms with Crippen molar-refractivity contribution in [2.24, 2.45) is 0 Å². The van der Waals surface area contributed by atoms with Crippen LogP contribution in [0.1, 0.15) is 19.8 Å². The number of benzene rings is 1. The summed E-state index contributed by atoms with van der Waals surface area (Å²) in [4.78, 5) is 13.4. The lowest BCUT2D eigenvalue weighted by Gasteiger charge is -2.19. The Bertz CT molecular complexity index is 1170. The van der Waals surface area contributed by atoms with Crippen LogP contribution in [0.5, 0.6) is 5.75 Å². The topological polar surface area (TPSA) is 115 Å². The Kier molecular flexibility index (Phi) is 7.13. The number of amides is 1. The minimum absolute atomic E-state index is 0.0352. The number of rotatable bonds is 9. The van der Waals surface area contributed by atoms with Crippen molar-refractivity contribution < 1.29 is 22.4 Å². The molecule has 32 heavy (non-hydrogen) atoms. The molecule has 0 unspecified atom stereocenters. The van der Waals surface area contributed by atoms with E-state index in [0.717, 1.165) is 29.5 Å². The van der Waals surface area contributed by atoms with Crippen molar-refractivity contribution in [1.82, 2.24) is 14.5 Å². The first-order chi connectivity index (χ1) is 15.5. The zero-order valence-electron chi connectivity index (χ0n) is 17.3.